The minimum absolute atomic E-state index is 0. The number of para-hydroxylation sites is 1. The third-order valence-corrected chi connectivity index (χ3v) is 14.2. The Morgan fingerprint density at radius 1 is 0.467 bits per heavy atom. The van der Waals surface area contributed by atoms with Crippen molar-refractivity contribution >= 4 is 130 Å². The van der Waals surface area contributed by atoms with Gasteiger partial charge in [0.15, 0.2) is 0 Å². The van der Waals surface area contributed by atoms with Crippen molar-refractivity contribution in [3.8, 4) is 5.75 Å². The fraction of sp³-hybridized carbons (Fsp3) is 0. The number of hydrogen-bond acceptors (Lipinski definition) is 21. The van der Waals surface area contributed by atoms with Crippen LogP contribution in [-0.2, 0) is 40.5 Å². The molecule has 3 N–H and O–H groups in total. The second kappa shape index (κ2) is 24.3. The Labute approximate surface area is 515 Å². The third kappa shape index (κ3) is 13.6. The summed E-state index contributed by atoms with van der Waals surface area (Å²) in [4.78, 5) is 10.4. The maximum Gasteiger partial charge on any atom is 1.00 e. The van der Waals surface area contributed by atoms with Crippen molar-refractivity contribution in [3.05, 3.63) is 156 Å². The Kier molecular flexibility index (Phi) is 20.0. The predicted octanol–water partition coefficient (Wildman–Crippen LogP) is -3.29. The van der Waals surface area contributed by atoms with E-state index < -0.39 is 77.3 Å². The molecular formula is C46H27N7Na4O14S4. The largest absolute Gasteiger partial charge is 1.00 e. The summed E-state index contributed by atoms with van der Waals surface area (Å²) >= 11 is 0. The molecule has 0 unspecified atom stereocenters. The van der Waals surface area contributed by atoms with Gasteiger partial charge in [-0.2, -0.15) is 5.10 Å². The molecule has 75 heavy (non-hydrogen) atoms. The summed E-state index contributed by atoms with van der Waals surface area (Å²) in [7, 11) is -20.7. The van der Waals surface area contributed by atoms with Gasteiger partial charge >= 0.3 is 118 Å². The molecule has 29 heteroatoms. The average Bonchev–Trinajstić information content (AvgIpc) is 3.31. The molecule has 8 aromatic rings. The number of phenolic OH excluding ortho intramolecular Hbond substituents is 1. The number of phenols is 1. The molecule has 0 bridgehead atoms. The maximum absolute atomic E-state index is 13.8. The van der Waals surface area contributed by atoms with Gasteiger partial charge in [-0.15, -0.1) is 20.5 Å². The van der Waals surface area contributed by atoms with Gasteiger partial charge in [0, 0.05) is 38.5 Å². The van der Waals surface area contributed by atoms with Crippen molar-refractivity contribution in [1.29, 1.82) is 0 Å². The molecule has 0 saturated heterocycles. The zero-order valence-corrected chi connectivity index (χ0v) is 50.7. The van der Waals surface area contributed by atoms with Gasteiger partial charge in [-0.3, -0.25) is 10.2 Å². The smallest absolute Gasteiger partial charge is 0.744 e. The number of ketones is 1. The Balaban J connectivity index is 0.00000260. The van der Waals surface area contributed by atoms with E-state index in [1.165, 1.54) is 42.5 Å². The number of azo groups is 2. The first-order valence-corrected chi connectivity index (χ1v) is 25.8. The molecule has 0 radical (unpaired) electrons. The Morgan fingerprint density at radius 2 is 0.987 bits per heavy atom. The standard InChI is InChI=1S/C46H31N7O14S4.4Na/c54-42-24-31(70(62,63)64)20-26-19-30(69(59,60)61)23-41(44(26)42)52-50-38-15-14-37(33-8-4-5-9-34(33)38)48-49-39-16-17-40(36-22-29(68(56,57)58)11-13-35(36)39)51-53-45-43(71(65,66)67)21-25-18-28(10-12-32(25)46(45)55)47-27-6-2-1-3-7-27;;;;/h1-24,47,51,54H,(H,56,57,58)(H,59,60,61)(H,62,63,64)(H,65,66,67);;;;/q;4*+1/p-4/b49-48?,52-50?,53-45-;;;;. The molecule has 8 aromatic carbocycles. The van der Waals surface area contributed by atoms with E-state index in [-0.39, 0.29) is 179 Å². The molecule has 0 saturated carbocycles. The number of allylic oxidation sites excluding steroid dienone is 1. The van der Waals surface area contributed by atoms with E-state index in [9.17, 15) is 61.8 Å². The third-order valence-electron chi connectivity index (χ3n) is 10.8. The number of carbonyl (C=O) groups excluding carboxylic acids is 1. The van der Waals surface area contributed by atoms with E-state index in [1.807, 2.05) is 6.07 Å². The van der Waals surface area contributed by atoms with Crippen LogP contribution < -0.4 is 129 Å². The number of aromatic hydroxyl groups is 1. The van der Waals surface area contributed by atoms with Crippen LogP contribution in [0.5, 0.6) is 5.75 Å². The summed E-state index contributed by atoms with van der Waals surface area (Å²) in [5.41, 5.74) is 3.22. The second-order valence-corrected chi connectivity index (χ2v) is 20.9. The van der Waals surface area contributed by atoms with E-state index in [0.717, 1.165) is 36.4 Å². The minimum Gasteiger partial charge on any atom is -0.744 e. The maximum atomic E-state index is 13.8. The number of fused-ring (bicyclic) bond motifs is 4. The Morgan fingerprint density at radius 3 is 1.55 bits per heavy atom. The van der Waals surface area contributed by atoms with Crippen molar-refractivity contribution in [2.45, 2.75) is 14.7 Å². The van der Waals surface area contributed by atoms with E-state index >= 15 is 0 Å². The molecule has 358 valence electrons. The first kappa shape index (κ1) is 61.7. The zero-order valence-electron chi connectivity index (χ0n) is 39.5. The van der Waals surface area contributed by atoms with Crippen molar-refractivity contribution in [3.63, 3.8) is 0 Å². The number of Topliss-reactive ketones (excluding diaryl/α,β-unsaturated/α-hetero) is 1. The van der Waals surface area contributed by atoms with Crippen LogP contribution in [-0.4, -0.2) is 68.5 Å². The number of nitrogens with one attached hydrogen (secondary N) is 2. The minimum atomic E-state index is -5.32. The summed E-state index contributed by atoms with van der Waals surface area (Å²) in [5.74, 6) is -1.69. The summed E-state index contributed by atoms with van der Waals surface area (Å²) < 4.78 is 145. The van der Waals surface area contributed by atoms with Crippen LogP contribution in [0.3, 0.4) is 0 Å². The molecule has 0 aromatic heterocycles. The summed E-state index contributed by atoms with van der Waals surface area (Å²) in [5, 5.41) is 35.5. The number of hydrogen-bond donors (Lipinski definition) is 3. The molecule has 0 spiro atoms. The Bertz CT molecular complexity index is 4220. The monoisotopic (exact) mass is 1120 g/mol. The molecule has 21 nitrogen and oxygen atoms in total. The van der Waals surface area contributed by atoms with Crippen LogP contribution in [0.2, 0.25) is 0 Å². The van der Waals surface area contributed by atoms with Crippen LogP contribution in [0.25, 0.3) is 38.4 Å². The number of rotatable bonds is 12. The van der Waals surface area contributed by atoms with Gasteiger partial charge in [0.05, 0.1) is 53.4 Å². The van der Waals surface area contributed by atoms with Gasteiger partial charge in [-0.05, 0) is 108 Å². The van der Waals surface area contributed by atoms with E-state index in [2.05, 4.69) is 36.3 Å². The average molecular weight is 1120 g/mol. The SMILES string of the molecule is O=C1/C(=N\Nc2ccc(N=Nc3ccc(N=Nc4cc(S(=O)(=O)[O-])cc5cc(S(=O)(=O)[O-])cc(O)c45)c4ccccc34)c3ccc(S(=O)(=O)[O-])cc23)C(S(=O)(=O)[O-])=Cc2cc(Nc3ccccc3)ccc21.[Na+].[Na+].[Na+].[Na+]. The van der Waals surface area contributed by atoms with Crippen LogP contribution in [0, 0.1) is 0 Å². The number of hydrazone groups is 1. The van der Waals surface area contributed by atoms with E-state index in [4.69, 9.17) is 0 Å². The van der Waals surface area contributed by atoms with Crippen LogP contribution in [0.1, 0.15) is 15.9 Å². The van der Waals surface area contributed by atoms with Gasteiger partial charge in [0.2, 0.25) is 5.78 Å². The molecule has 1 aliphatic rings. The molecule has 0 amide bonds. The topological polar surface area (TPSA) is 352 Å². The van der Waals surface area contributed by atoms with Crippen molar-refractivity contribution in [1.82, 2.24) is 0 Å². The van der Waals surface area contributed by atoms with Crippen molar-refractivity contribution in [2.75, 3.05) is 10.7 Å². The molecule has 0 aliphatic heterocycles. The summed E-state index contributed by atoms with van der Waals surface area (Å²) in [6.07, 6.45) is 1.01. The van der Waals surface area contributed by atoms with E-state index in [1.54, 1.807) is 54.6 Å². The van der Waals surface area contributed by atoms with Gasteiger partial charge in [0.1, 0.15) is 51.9 Å². The number of carbonyl (C=O) groups is 1. The molecular weight excluding hydrogens is 1090 g/mol. The number of benzene rings is 8. The molecule has 9 rings (SSSR count). The van der Waals surface area contributed by atoms with Gasteiger partial charge in [-0.1, -0.05) is 48.5 Å². The van der Waals surface area contributed by atoms with Gasteiger partial charge < -0.3 is 28.6 Å². The van der Waals surface area contributed by atoms with Crippen molar-refractivity contribution < 1.29 is 180 Å². The van der Waals surface area contributed by atoms with Crippen LogP contribution in [0.4, 0.5) is 39.8 Å². The zero-order chi connectivity index (χ0) is 50.6. The van der Waals surface area contributed by atoms with Crippen LogP contribution >= 0.6 is 0 Å². The van der Waals surface area contributed by atoms with E-state index in [0.29, 0.717) is 28.2 Å². The molecule has 0 atom stereocenters. The number of nitrogens with zero attached hydrogens (tertiary/aromatic N) is 5. The van der Waals surface area contributed by atoms with Gasteiger partial charge in [0.25, 0.3) is 0 Å². The fourth-order valence-corrected chi connectivity index (χ4v) is 9.81. The van der Waals surface area contributed by atoms with Crippen LogP contribution in [0.15, 0.2) is 185 Å². The quantitative estimate of drug-likeness (QED) is 0.0467. The van der Waals surface area contributed by atoms with Gasteiger partial charge in [-0.25, -0.2) is 33.7 Å². The first-order valence-electron chi connectivity index (χ1n) is 20.2. The van der Waals surface area contributed by atoms with Crippen molar-refractivity contribution in [2.24, 2.45) is 25.6 Å². The summed E-state index contributed by atoms with van der Waals surface area (Å²) in [6.45, 7) is 0. The Hall–Kier alpha value is -4.14. The second-order valence-electron chi connectivity index (χ2n) is 15.4. The molecule has 0 heterocycles. The molecule has 0 fully saturated rings. The first-order chi connectivity index (χ1) is 33.5. The summed E-state index contributed by atoms with van der Waals surface area (Å²) in [6, 6.07) is 32.0. The fourth-order valence-electron chi connectivity index (χ4n) is 7.61. The number of anilines is 3. The normalized spacial score (nSPS) is 13.4. The predicted molar refractivity (Wildman–Crippen MR) is 255 cm³/mol. The molecule has 1 aliphatic carbocycles.